The molecule has 70 valence electrons. The summed E-state index contributed by atoms with van der Waals surface area (Å²) in [6.07, 6.45) is 3.44. The number of aromatic nitrogens is 1. The van der Waals surface area contributed by atoms with E-state index in [1.165, 1.54) is 0 Å². The van der Waals surface area contributed by atoms with Gasteiger partial charge in [0, 0.05) is 17.8 Å². The van der Waals surface area contributed by atoms with Gasteiger partial charge in [-0.3, -0.25) is 4.98 Å². The van der Waals surface area contributed by atoms with Crippen LogP contribution in [0.4, 0.5) is 0 Å². The Balaban J connectivity index is 2.73. The van der Waals surface area contributed by atoms with Crippen LogP contribution in [0.15, 0.2) is 30.6 Å². The van der Waals surface area contributed by atoms with Crippen molar-refractivity contribution in [1.29, 1.82) is 0 Å². The first-order valence-electron chi connectivity index (χ1n) is 4.26. The molecular formula is C11H9NO2. The molecule has 0 aliphatic heterocycles. The molecule has 0 aliphatic rings. The second-order valence-corrected chi connectivity index (χ2v) is 3.20. The third kappa shape index (κ3) is 1.33. The van der Waals surface area contributed by atoms with E-state index in [0.29, 0.717) is 5.56 Å². The van der Waals surface area contributed by atoms with E-state index in [4.69, 9.17) is 5.11 Å². The van der Waals surface area contributed by atoms with E-state index in [2.05, 4.69) is 4.98 Å². The molecule has 0 unspecified atom stereocenters. The van der Waals surface area contributed by atoms with Crippen LogP contribution in [0.1, 0.15) is 15.9 Å². The summed E-state index contributed by atoms with van der Waals surface area (Å²) in [7, 11) is 0. The molecule has 2 rings (SSSR count). The summed E-state index contributed by atoms with van der Waals surface area (Å²) < 4.78 is 0. The predicted octanol–water partition coefficient (Wildman–Crippen LogP) is 2.24. The Morgan fingerprint density at radius 1 is 1.36 bits per heavy atom. The Labute approximate surface area is 81.0 Å². The lowest BCUT2D eigenvalue weighted by Crippen LogP contribution is -1.95. The van der Waals surface area contributed by atoms with Crippen molar-refractivity contribution < 1.29 is 9.90 Å². The Morgan fingerprint density at radius 3 is 2.86 bits per heavy atom. The molecule has 0 fully saturated rings. The maximum Gasteiger partial charge on any atom is 0.335 e. The second kappa shape index (κ2) is 3.10. The number of aryl methyl sites for hydroxylation is 1. The number of hydrogen-bond acceptors (Lipinski definition) is 2. The average molecular weight is 187 g/mol. The molecular weight excluding hydrogens is 178 g/mol. The zero-order valence-corrected chi connectivity index (χ0v) is 7.69. The van der Waals surface area contributed by atoms with Crippen molar-refractivity contribution >= 4 is 16.7 Å². The minimum absolute atomic E-state index is 0.296. The van der Waals surface area contributed by atoms with Crippen LogP contribution in [0.2, 0.25) is 0 Å². The Bertz CT molecular complexity index is 506. The molecule has 0 radical (unpaired) electrons. The molecule has 0 saturated carbocycles. The zero-order valence-electron chi connectivity index (χ0n) is 7.69. The number of fused-ring (bicyclic) bond motifs is 1. The van der Waals surface area contributed by atoms with Crippen LogP contribution < -0.4 is 0 Å². The van der Waals surface area contributed by atoms with Gasteiger partial charge in [-0.25, -0.2) is 4.79 Å². The molecule has 1 aromatic carbocycles. The van der Waals surface area contributed by atoms with Crippen LogP contribution in [0.25, 0.3) is 10.8 Å². The van der Waals surface area contributed by atoms with Gasteiger partial charge in [0.2, 0.25) is 0 Å². The first-order valence-corrected chi connectivity index (χ1v) is 4.26. The fraction of sp³-hybridized carbons (Fsp3) is 0.0909. The van der Waals surface area contributed by atoms with Gasteiger partial charge in [-0.05, 0) is 30.0 Å². The third-order valence-corrected chi connectivity index (χ3v) is 2.21. The molecule has 0 bridgehead atoms. The lowest BCUT2D eigenvalue weighted by atomic mass is 10.1. The standard InChI is InChI=1S/C11H9NO2/c1-7-5-12-6-9-4-8(11(13)14)2-3-10(7)9/h2-6H,1H3,(H,13,14). The number of nitrogens with zero attached hydrogens (tertiary/aromatic N) is 1. The lowest BCUT2D eigenvalue weighted by molar-refractivity contribution is 0.0697. The van der Waals surface area contributed by atoms with Gasteiger partial charge in [-0.2, -0.15) is 0 Å². The van der Waals surface area contributed by atoms with Crippen LogP contribution >= 0.6 is 0 Å². The molecule has 1 heterocycles. The van der Waals surface area contributed by atoms with Gasteiger partial charge in [0.05, 0.1) is 5.56 Å². The smallest absolute Gasteiger partial charge is 0.335 e. The van der Waals surface area contributed by atoms with E-state index in [9.17, 15) is 4.79 Å². The van der Waals surface area contributed by atoms with E-state index >= 15 is 0 Å². The molecule has 2 aromatic rings. The largest absolute Gasteiger partial charge is 0.478 e. The summed E-state index contributed by atoms with van der Waals surface area (Å²) in [4.78, 5) is 14.7. The Kier molecular flexibility index (Phi) is 1.93. The van der Waals surface area contributed by atoms with Crippen LogP contribution in [0.5, 0.6) is 0 Å². The molecule has 3 nitrogen and oxygen atoms in total. The summed E-state index contributed by atoms with van der Waals surface area (Å²) in [5.74, 6) is -0.909. The van der Waals surface area contributed by atoms with Crippen molar-refractivity contribution in [3.05, 3.63) is 41.7 Å². The fourth-order valence-electron chi connectivity index (χ4n) is 1.46. The van der Waals surface area contributed by atoms with Gasteiger partial charge < -0.3 is 5.11 Å². The number of carbonyl (C=O) groups is 1. The Hall–Kier alpha value is -1.90. The maximum atomic E-state index is 10.7. The SMILES string of the molecule is Cc1cncc2cc(C(=O)O)ccc12. The van der Waals surface area contributed by atoms with Crippen LogP contribution in [0, 0.1) is 6.92 Å². The van der Waals surface area contributed by atoms with E-state index in [1.54, 1.807) is 24.5 Å². The van der Waals surface area contributed by atoms with Gasteiger partial charge in [-0.1, -0.05) is 6.07 Å². The van der Waals surface area contributed by atoms with E-state index < -0.39 is 5.97 Å². The number of carboxylic acid groups (broad SMARTS) is 1. The van der Waals surface area contributed by atoms with E-state index in [0.717, 1.165) is 16.3 Å². The minimum Gasteiger partial charge on any atom is -0.478 e. The number of rotatable bonds is 1. The number of pyridine rings is 1. The first-order chi connectivity index (χ1) is 6.68. The molecule has 0 amide bonds. The molecule has 3 heteroatoms. The second-order valence-electron chi connectivity index (χ2n) is 3.20. The molecule has 14 heavy (non-hydrogen) atoms. The van der Waals surface area contributed by atoms with Crippen molar-refractivity contribution in [1.82, 2.24) is 4.98 Å². The highest BCUT2D eigenvalue weighted by atomic mass is 16.4. The van der Waals surface area contributed by atoms with Crippen LogP contribution in [0.3, 0.4) is 0 Å². The van der Waals surface area contributed by atoms with Gasteiger partial charge in [0.15, 0.2) is 0 Å². The summed E-state index contributed by atoms with van der Waals surface area (Å²) in [6, 6.07) is 5.06. The first kappa shape index (κ1) is 8.69. The average Bonchev–Trinajstić information content (AvgIpc) is 2.17. The van der Waals surface area contributed by atoms with E-state index in [-0.39, 0.29) is 0 Å². The molecule has 1 N–H and O–H groups in total. The summed E-state index contributed by atoms with van der Waals surface area (Å²) in [6.45, 7) is 1.95. The molecule has 0 saturated heterocycles. The minimum atomic E-state index is -0.909. The summed E-state index contributed by atoms with van der Waals surface area (Å²) in [5, 5.41) is 10.7. The number of benzene rings is 1. The topological polar surface area (TPSA) is 50.2 Å². The highest BCUT2D eigenvalue weighted by Crippen LogP contribution is 2.18. The molecule has 0 aliphatic carbocycles. The highest BCUT2D eigenvalue weighted by molar-refractivity contribution is 5.94. The molecule has 0 atom stereocenters. The zero-order chi connectivity index (χ0) is 10.1. The monoisotopic (exact) mass is 187 g/mol. The normalized spacial score (nSPS) is 10.4. The van der Waals surface area contributed by atoms with Crippen molar-refractivity contribution in [2.24, 2.45) is 0 Å². The van der Waals surface area contributed by atoms with Gasteiger partial charge in [0.25, 0.3) is 0 Å². The number of carboxylic acids is 1. The maximum absolute atomic E-state index is 10.7. The van der Waals surface area contributed by atoms with Crippen molar-refractivity contribution in [2.45, 2.75) is 6.92 Å². The summed E-state index contributed by atoms with van der Waals surface area (Å²) in [5.41, 5.74) is 1.35. The van der Waals surface area contributed by atoms with Gasteiger partial charge in [-0.15, -0.1) is 0 Å². The van der Waals surface area contributed by atoms with E-state index in [1.807, 2.05) is 13.0 Å². The Morgan fingerprint density at radius 2 is 2.14 bits per heavy atom. The van der Waals surface area contributed by atoms with Crippen molar-refractivity contribution in [3.8, 4) is 0 Å². The van der Waals surface area contributed by atoms with Crippen LogP contribution in [-0.2, 0) is 0 Å². The highest BCUT2D eigenvalue weighted by Gasteiger charge is 2.04. The summed E-state index contributed by atoms with van der Waals surface area (Å²) >= 11 is 0. The fourth-order valence-corrected chi connectivity index (χ4v) is 1.46. The van der Waals surface area contributed by atoms with Crippen molar-refractivity contribution in [3.63, 3.8) is 0 Å². The van der Waals surface area contributed by atoms with Crippen LogP contribution in [-0.4, -0.2) is 16.1 Å². The van der Waals surface area contributed by atoms with Crippen molar-refractivity contribution in [2.75, 3.05) is 0 Å². The number of aromatic carboxylic acids is 1. The predicted molar refractivity (Wildman–Crippen MR) is 53.4 cm³/mol. The molecule has 1 aromatic heterocycles. The third-order valence-electron chi connectivity index (χ3n) is 2.21. The number of hydrogen-bond donors (Lipinski definition) is 1. The van der Waals surface area contributed by atoms with Gasteiger partial charge in [0.1, 0.15) is 0 Å². The molecule has 0 spiro atoms. The lowest BCUT2D eigenvalue weighted by Gasteiger charge is -2.01. The van der Waals surface area contributed by atoms with Gasteiger partial charge >= 0.3 is 5.97 Å². The quantitative estimate of drug-likeness (QED) is 0.744.